The summed E-state index contributed by atoms with van der Waals surface area (Å²) in [5.74, 6) is -0.0354. The third kappa shape index (κ3) is 2.03. The molecular weight excluding hydrogens is 232 g/mol. The lowest BCUT2D eigenvalue weighted by molar-refractivity contribution is -0.00891. The van der Waals surface area contributed by atoms with Gasteiger partial charge in [-0.1, -0.05) is 13.8 Å². The van der Waals surface area contributed by atoms with Crippen LogP contribution in [0.15, 0.2) is 12.4 Å². The molecule has 0 saturated carbocycles. The number of anilines is 1. The van der Waals surface area contributed by atoms with Gasteiger partial charge in [0.25, 0.3) is 5.91 Å². The number of nitrogens with two attached hydrogens (primary N) is 1. The molecule has 1 aliphatic heterocycles. The van der Waals surface area contributed by atoms with E-state index in [4.69, 9.17) is 5.73 Å². The summed E-state index contributed by atoms with van der Waals surface area (Å²) in [6, 6.07) is 0. The standard InChI is InChI=1S/C12H18N4O2/c1-11(2)6-16(7-12(11,3)18)9-5-14-4-8(15-9)10(13)17/h4-5,18H,6-7H2,1-3H3,(H2,13,17). The maximum atomic E-state index is 11.1. The highest BCUT2D eigenvalue weighted by atomic mass is 16.3. The maximum Gasteiger partial charge on any atom is 0.268 e. The predicted octanol–water partition coefficient (Wildman–Crippen LogP) is 0.173. The molecule has 1 unspecified atom stereocenters. The number of carbonyl (C=O) groups is 1. The molecule has 0 aromatic carbocycles. The Morgan fingerprint density at radius 2 is 2.06 bits per heavy atom. The van der Waals surface area contributed by atoms with Crippen LogP contribution >= 0.6 is 0 Å². The van der Waals surface area contributed by atoms with Gasteiger partial charge in [0.2, 0.25) is 0 Å². The van der Waals surface area contributed by atoms with Crippen molar-refractivity contribution in [2.45, 2.75) is 26.4 Å². The van der Waals surface area contributed by atoms with Gasteiger partial charge in [-0.05, 0) is 6.92 Å². The second kappa shape index (κ2) is 3.91. The number of nitrogens with zero attached hydrogens (tertiary/aromatic N) is 3. The molecule has 6 heteroatoms. The summed E-state index contributed by atoms with van der Waals surface area (Å²) in [4.78, 5) is 21.1. The van der Waals surface area contributed by atoms with Crippen LogP contribution in [0.2, 0.25) is 0 Å². The molecule has 1 atom stereocenters. The summed E-state index contributed by atoms with van der Waals surface area (Å²) in [5, 5.41) is 10.4. The molecule has 1 amide bonds. The van der Waals surface area contributed by atoms with E-state index in [0.29, 0.717) is 18.9 Å². The first-order valence-electron chi connectivity index (χ1n) is 5.82. The van der Waals surface area contributed by atoms with Crippen LogP contribution in [0.3, 0.4) is 0 Å². The molecule has 98 valence electrons. The molecule has 0 aliphatic carbocycles. The number of primary amides is 1. The Labute approximate surface area is 106 Å². The third-order valence-corrected chi connectivity index (χ3v) is 3.74. The average molecular weight is 250 g/mol. The van der Waals surface area contributed by atoms with Crippen molar-refractivity contribution in [3.63, 3.8) is 0 Å². The van der Waals surface area contributed by atoms with Gasteiger partial charge in [-0.15, -0.1) is 0 Å². The quantitative estimate of drug-likeness (QED) is 0.780. The molecule has 6 nitrogen and oxygen atoms in total. The minimum atomic E-state index is -0.808. The van der Waals surface area contributed by atoms with Crippen molar-refractivity contribution >= 4 is 11.7 Å². The van der Waals surface area contributed by atoms with Crippen molar-refractivity contribution in [3.8, 4) is 0 Å². The number of carbonyl (C=O) groups excluding carboxylic acids is 1. The second-order valence-corrected chi connectivity index (χ2v) is 5.64. The minimum absolute atomic E-state index is 0.136. The fourth-order valence-corrected chi connectivity index (χ4v) is 2.08. The van der Waals surface area contributed by atoms with Crippen molar-refractivity contribution in [1.29, 1.82) is 0 Å². The summed E-state index contributed by atoms with van der Waals surface area (Å²) >= 11 is 0. The van der Waals surface area contributed by atoms with Gasteiger partial charge in [0, 0.05) is 18.5 Å². The first-order valence-corrected chi connectivity index (χ1v) is 5.82. The van der Waals surface area contributed by atoms with Gasteiger partial charge in [0.1, 0.15) is 11.5 Å². The van der Waals surface area contributed by atoms with Gasteiger partial charge in [-0.2, -0.15) is 0 Å². The van der Waals surface area contributed by atoms with E-state index in [9.17, 15) is 9.90 Å². The molecule has 0 bridgehead atoms. The average Bonchev–Trinajstić information content (AvgIpc) is 2.48. The molecule has 1 aromatic heterocycles. The Morgan fingerprint density at radius 1 is 1.39 bits per heavy atom. The number of aromatic nitrogens is 2. The highest BCUT2D eigenvalue weighted by Crippen LogP contribution is 2.39. The van der Waals surface area contributed by atoms with Crippen LogP contribution in [0.25, 0.3) is 0 Å². The SMILES string of the molecule is CC1(C)CN(c2cncc(C(N)=O)n2)CC1(C)O. The van der Waals surface area contributed by atoms with E-state index in [1.165, 1.54) is 6.20 Å². The van der Waals surface area contributed by atoms with Crippen molar-refractivity contribution in [1.82, 2.24) is 9.97 Å². The van der Waals surface area contributed by atoms with E-state index in [1.807, 2.05) is 18.7 Å². The van der Waals surface area contributed by atoms with Crippen LogP contribution in [-0.2, 0) is 0 Å². The van der Waals surface area contributed by atoms with E-state index < -0.39 is 11.5 Å². The number of rotatable bonds is 2. The number of aliphatic hydroxyl groups is 1. The van der Waals surface area contributed by atoms with Crippen LogP contribution in [0.1, 0.15) is 31.3 Å². The second-order valence-electron chi connectivity index (χ2n) is 5.64. The molecule has 3 N–H and O–H groups in total. The van der Waals surface area contributed by atoms with Crippen molar-refractivity contribution in [2.75, 3.05) is 18.0 Å². The van der Waals surface area contributed by atoms with Gasteiger partial charge in [-0.3, -0.25) is 9.78 Å². The molecule has 18 heavy (non-hydrogen) atoms. The van der Waals surface area contributed by atoms with E-state index in [-0.39, 0.29) is 11.1 Å². The fraction of sp³-hybridized carbons (Fsp3) is 0.583. The molecule has 2 rings (SSSR count). The van der Waals surface area contributed by atoms with Crippen LogP contribution in [0, 0.1) is 5.41 Å². The molecule has 1 aliphatic rings. The Balaban J connectivity index is 2.30. The Hall–Kier alpha value is -1.69. The number of β-amino-alcohol motifs (C(OH)–C–C–N with tert-alkyl or cyclic N) is 1. The molecule has 0 radical (unpaired) electrons. The third-order valence-electron chi connectivity index (χ3n) is 3.74. The normalized spacial score (nSPS) is 26.3. The van der Waals surface area contributed by atoms with Gasteiger partial charge < -0.3 is 15.7 Å². The van der Waals surface area contributed by atoms with Gasteiger partial charge in [0.05, 0.1) is 18.0 Å². The Morgan fingerprint density at radius 3 is 2.56 bits per heavy atom. The van der Waals surface area contributed by atoms with Crippen LogP contribution in [0.5, 0.6) is 0 Å². The smallest absolute Gasteiger partial charge is 0.268 e. The van der Waals surface area contributed by atoms with Crippen molar-refractivity contribution in [3.05, 3.63) is 18.1 Å². The highest BCUT2D eigenvalue weighted by molar-refractivity contribution is 5.90. The number of amides is 1. The number of hydrogen-bond acceptors (Lipinski definition) is 5. The lowest BCUT2D eigenvalue weighted by Gasteiger charge is -2.30. The summed E-state index contributed by atoms with van der Waals surface area (Å²) in [6.07, 6.45) is 2.91. The fourth-order valence-electron chi connectivity index (χ4n) is 2.08. The minimum Gasteiger partial charge on any atom is -0.388 e. The molecule has 1 fully saturated rings. The maximum absolute atomic E-state index is 11.1. The lowest BCUT2D eigenvalue weighted by Crippen LogP contribution is -2.40. The van der Waals surface area contributed by atoms with Crippen molar-refractivity contribution < 1.29 is 9.90 Å². The van der Waals surface area contributed by atoms with Crippen LogP contribution in [-0.4, -0.2) is 39.7 Å². The van der Waals surface area contributed by atoms with E-state index >= 15 is 0 Å². The lowest BCUT2D eigenvalue weighted by atomic mass is 9.79. The van der Waals surface area contributed by atoms with Gasteiger partial charge in [-0.25, -0.2) is 4.98 Å². The topological polar surface area (TPSA) is 92.3 Å². The largest absolute Gasteiger partial charge is 0.388 e. The summed E-state index contributed by atoms with van der Waals surface area (Å²) in [5.41, 5.74) is 4.25. The zero-order valence-corrected chi connectivity index (χ0v) is 10.8. The van der Waals surface area contributed by atoms with Crippen LogP contribution in [0.4, 0.5) is 5.82 Å². The zero-order valence-electron chi connectivity index (χ0n) is 10.8. The highest BCUT2D eigenvalue weighted by Gasteiger charge is 2.48. The molecule has 0 spiro atoms. The zero-order chi connectivity index (χ0) is 13.6. The summed E-state index contributed by atoms with van der Waals surface area (Å²) in [7, 11) is 0. The molecule has 1 aromatic rings. The first kappa shape index (κ1) is 12.8. The Kier molecular flexibility index (Phi) is 2.77. The predicted molar refractivity (Wildman–Crippen MR) is 67.2 cm³/mol. The van der Waals surface area contributed by atoms with E-state index in [2.05, 4.69) is 9.97 Å². The number of hydrogen-bond donors (Lipinski definition) is 2. The van der Waals surface area contributed by atoms with Gasteiger partial charge >= 0.3 is 0 Å². The molecule has 1 saturated heterocycles. The van der Waals surface area contributed by atoms with Gasteiger partial charge in [0.15, 0.2) is 0 Å². The Bertz CT molecular complexity index is 469. The summed E-state index contributed by atoms with van der Waals surface area (Å²) in [6.45, 7) is 6.91. The molecule has 2 heterocycles. The van der Waals surface area contributed by atoms with Crippen molar-refractivity contribution in [2.24, 2.45) is 11.1 Å². The van der Waals surface area contributed by atoms with E-state index in [1.54, 1.807) is 13.1 Å². The van der Waals surface area contributed by atoms with Crippen LogP contribution < -0.4 is 10.6 Å². The monoisotopic (exact) mass is 250 g/mol. The molecular formula is C12H18N4O2. The first-order chi connectivity index (χ1) is 8.23. The van der Waals surface area contributed by atoms with E-state index in [0.717, 1.165) is 0 Å². The summed E-state index contributed by atoms with van der Waals surface area (Å²) < 4.78 is 0.